The van der Waals surface area contributed by atoms with E-state index in [2.05, 4.69) is 9.24 Å². The lowest BCUT2D eigenvalue weighted by molar-refractivity contribution is 0.475. The van der Waals surface area contributed by atoms with Crippen LogP contribution in [0.1, 0.15) is 35.6 Å². The van der Waals surface area contributed by atoms with Gasteiger partial charge in [0.25, 0.3) is 0 Å². The molecule has 21 heavy (non-hydrogen) atoms. The Hall–Kier alpha value is -1.60. The highest BCUT2D eigenvalue weighted by molar-refractivity contribution is 7.42. The largest absolute Gasteiger partial charge is 0.277 e. The zero-order valence-corrected chi connectivity index (χ0v) is 12.7. The molecular weight excluding hydrogens is 287 g/mol. The van der Waals surface area contributed by atoms with Crippen molar-refractivity contribution in [1.29, 1.82) is 0 Å². The van der Waals surface area contributed by atoms with Crippen molar-refractivity contribution in [3.63, 3.8) is 0 Å². The summed E-state index contributed by atoms with van der Waals surface area (Å²) in [6.07, 6.45) is 2.28. The van der Waals surface area contributed by atoms with Gasteiger partial charge in [-0.3, -0.25) is 4.99 Å². The lowest BCUT2D eigenvalue weighted by Gasteiger charge is -2.23. The molecule has 4 heteroatoms. The van der Waals surface area contributed by atoms with Gasteiger partial charge in [0.1, 0.15) is 0 Å². The monoisotopic (exact) mass is 303 g/mol. The second-order valence-electron chi connectivity index (χ2n) is 5.22. The summed E-state index contributed by atoms with van der Waals surface area (Å²) in [7, 11) is 2.64. The average Bonchev–Trinajstić information content (AvgIpc) is 2.52. The molecule has 0 aromatic heterocycles. The second-order valence-corrected chi connectivity index (χ2v) is 5.76. The van der Waals surface area contributed by atoms with E-state index < -0.39 is 11.6 Å². The molecule has 2 aromatic rings. The topological polar surface area (TPSA) is 12.4 Å². The van der Waals surface area contributed by atoms with E-state index in [9.17, 15) is 8.78 Å². The Morgan fingerprint density at radius 1 is 1.10 bits per heavy atom. The molecule has 1 aliphatic carbocycles. The van der Waals surface area contributed by atoms with Crippen molar-refractivity contribution in [2.45, 2.75) is 25.3 Å². The fourth-order valence-corrected chi connectivity index (χ4v) is 3.16. The number of benzene rings is 2. The van der Waals surface area contributed by atoms with Gasteiger partial charge in [-0.2, -0.15) is 0 Å². The van der Waals surface area contributed by atoms with Crippen LogP contribution in [-0.2, 0) is 6.42 Å². The number of hydrogen-bond donors (Lipinski definition) is 0. The van der Waals surface area contributed by atoms with E-state index in [0.29, 0.717) is 12.0 Å². The summed E-state index contributed by atoms with van der Waals surface area (Å²) >= 11 is 0. The van der Waals surface area contributed by atoms with Crippen LogP contribution >= 0.6 is 9.24 Å². The van der Waals surface area contributed by atoms with Gasteiger partial charge in [-0.1, -0.05) is 45.6 Å². The predicted octanol–water partition coefficient (Wildman–Crippen LogP) is 4.66. The lowest BCUT2D eigenvalue weighted by atomic mass is 9.87. The summed E-state index contributed by atoms with van der Waals surface area (Å²) in [5.41, 5.74) is 3.17. The van der Waals surface area contributed by atoms with Crippen LogP contribution in [0.5, 0.6) is 0 Å². The maximum absolute atomic E-state index is 13.9. The number of fused-ring (bicyclic) bond motifs is 1. The number of rotatable bonds is 2. The fourth-order valence-electron chi connectivity index (χ4n) is 2.79. The first-order chi connectivity index (χ1) is 10.2. The third-order valence-corrected chi connectivity index (χ3v) is 4.34. The molecule has 0 saturated carbocycles. The van der Waals surface area contributed by atoms with Gasteiger partial charge < -0.3 is 0 Å². The summed E-state index contributed by atoms with van der Waals surface area (Å²) in [4.78, 5) is 4.71. The van der Waals surface area contributed by atoms with E-state index >= 15 is 0 Å². The van der Waals surface area contributed by atoms with E-state index in [1.807, 2.05) is 30.3 Å². The standard InChI is InChI=1S/C17H16F2NP/c18-14-10-9-12-13(16(14)19)7-4-8-15(12)20-17(21)11-5-2-1-3-6-11/h1-3,5-6,9-10,15H,4,7-8,21H2. The number of hydrogen-bond acceptors (Lipinski definition) is 1. The van der Waals surface area contributed by atoms with Crippen molar-refractivity contribution >= 4 is 14.7 Å². The molecule has 0 saturated heterocycles. The SMILES string of the molecule is Fc1ccc2c(c1F)CCCC2N=C(P)c1ccccc1. The average molecular weight is 303 g/mol. The number of aliphatic imine (C=N–C) groups is 1. The first-order valence-electron chi connectivity index (χ1n) is 7.02. The Balaban J connectivity index is 1.98. The minimum absolute atomic E-state index is 0.100. The van der Waals surface area contributed by atoms with Crippen LogP contribution in [0.4, 0.5) is 8.78 Å². The fraction of sp³-hybridized carbons (Fsp3) is 0.235. The highest BCUT2D eigenvalue weighted by Crippen LogP contribution is 2.35. The van der Waals surface area contributed by atoms with Gasteiger partial charge in [-0.05, 0) is 42.0 Å². The Morgan fingerprint density at radius 3 is 2.62 bits per heavy atom. The first kappa shape index (κ1) is 14.3. The zero-order valence-electron chi connectivity index (χ0n) is 11.5. The molecule has 1 aliphatic rings. The number of nitrogens with zero attached hydrogens (tertiary/aromatic N) is 1. The summed E-state index contributed by atoms with van der Waals surface area (Å²) in [6, 6.07) is 12.6. The van der Waals surface area contributed by atoms with E-state index in [1.54, 1.807) is 6.07 Å². The third-order valence-electron chi connectivity index (χ3n) is 3.86. The van der Waals surface area contributed by atoms with Crippen LogP contribution in [0.15, 0.2) is 47.5 Å². The van der Waals surface area contributed by atoms with Gasteiger partial charge in [-0.15, -0.1) is 0 Å². The minimum Gasteiger partial charge on any atom is -0.277 e. The molecule has 0 amide bonds. The van der Waals surface area contributed by atoms with Crippen LogP contribution in [0.2, 0.25) is 0 Å². The summed E-state index contributed by atoms with van der Waals surface area (Å²) in [5, 5.41) is 0. The van der Waals surface area contributed by atoms with Gasteiger partial charge in [0.2, 0.25) is 0 Å². The van der Waals surface area contributed by atoms with E-state index in [0.717, 1.165) is 29.4 Å². The highest BCUT2D eigenvalue weighted by Gasteiger charge is 2.24. The van der Waals surface area contributed by atoms with Gasteiger partial charge in [-0.25, -0.2) is 8.78 Å². The molecule has 0 heterocycles. The smallest absolute Gasteiger partial charge is 0.162 e. The molecule has 0 bridgehead atoms. The maximum Gasteiger partial charge on any atom is 0.162 e. The molecule has 2 unspecified atom stereocenters. The summed E-state index contributed by atoms with van der Waals surface area (Å²) < 4.78 is 27.2. The van der Waals surface area contributed by atoms with Crippen molar-refractivity contribution < 1.29 is 8.78 Å². The van der Waals surface area contributed by atoms with E-state index in [1.165, 1.54) is 6.07 Å². The molecule has 0 aliphatic heterocycles. The second kappa shape index (κ2) is 6.03. The molecular formula is C17H16F2NP. The van der Waals surface area contributed by atoms with Crippen molar-refractivity contribution in [2.24, 2.45) is 4.99 Å². The Kier molecular flexibility index (Phi) is 4.12. The predicted molar refractivity (Wildman–Crippen MR) is 84.7 cm³/mol. The molecule has 0 spiro atoms. The van der Waals surface area contributed by atoms with Crippen LogP contribution in [0.3, 0.4) is 0 Å². The molecule has 1 nitrogen and oxygen atoms in total. The van der Waals surface area contributed by atoms with Crippen LogP contribution in [0, 0.1) is 11.6 Å². The summed E-state index contributed by atoms with van der Waals surface area (Å²) in [6.45, 7) is 0. The van der Waals surface area contributed by atoms with Gasteiger partial charge >= 0.3 is 0 Å². The maximum atomic E-state index is 13.9. The molecule has 3 rings (SSSR count). The van der Waals surface area contributed by atoms with Crippen LogP contribution < -0.4 is 0 Å². The normalized spacial score (nSPS) is 18.4. The highest BCUT2D eigenvalue weighted by atomic mass is 31.0. The Labute approximate surface area is 125 Å². The Morgan fingerprint density at radius 2 is 1.86 bits per heavy atom. The quantitative estimate of drug-likeness (QED) is 0.565. The molecule has 0 N–H and O–H groups in total. The minimum atomic E-state index is -0.771. The Bertz CT molecular complexity index is 683. The molecule has 0 radical (unpaired) electrons. The van der Waals surface area contributed by atoms with Crippen LogP contribution in [-0.4, -0.2) is 5.45 Å². The van der Waals surface area contributed by atoms with E-state index in [-0.39, 0.29) is 6.04 Å². The van der Waals surface area contributed by atoms with E-state index in [4.69, 9.17) is 4.99 Å². The molecule has 2 atom stereocenters. The lowest BCUT2D eigenvalue weighted by Crippen LogP contribution is -2.12. The van der Waals surface area contributed by atoms with Gasteiger partial charge in [0.15, 0.2) is 11.6 Å². The molecule has 108 valence electrons. The third kappa shape index (κ3) is 2.89. The molecule has 0 fully saturated rings. The molecule has 2 aromatic carbocycles. The van der Waals surface area contributed by atoms with Crippen molar-refractivity contribution in [3.05, 3.63) is 70.8 Å². The van der Waals surface area contributed by atoms with Gasteiger partial charge in [0.05, 0.1) is 11.5 Å². The van der Waals surface area contributed by atoms with Crippen molar-refractivity contribution in [2.75, 3.05) is 0 Å². The summed E-state index contributed by atoms with van der Waals surface area (Å²) in [5.74, 6) is -1.48. The van der Waals surface area contributed by atoms with Gasteiger partial charge in [0, 0.05) is 0 Å². The zero-order chi connectivity index (χ0) is 14.8. The van der Waals surface area contributed by atoms with Crippen molar-refractivity contribution in [1.82, 2.24) is 0 Å². The van der Waals surface area contributed by atoms with Crippen LogP contribution in [0.25, 0.3) is 0 Å². The number of halogens is 2. The first-order valence-corrected chi connectivity index (χ1v) is 7.60. The van der Waals surface area contributed by atoms with Crippen molar-refractivity contribution in [3.8, 4) is 0 Å².